The third-order valence-electron chi connectivity index (χ3n) is 3.74. The molecule has 1 aliphatic rings. The minimum absolute atomic E-state index is 0.0514. The lowest BCUT2D eigenvalue weighted by molar-refractivity contribution is -0.137. The average Bonchev–Trinajstić information content (AvgIpc) is 2.84. The quantitative estimate of drug-likeness (QED) is 0.857. The molecule has 1 aromatic rings. The smallest absolute Gasteiger partial charge is 0.325 e. The summed E-state index contributed by atoms with van der Waals surface area (Å²) in [4.78, 5) is 22.8. The molecule has 20 heavy (non-hydrogen) atoms. The van der Waals surface area contributed by atoms with Gasteiger partial charge in [0.1, 0.15) is 6.54 Å². The van der Waals surface area contributed by atoms with Crippen molar-refractivity contribution in [1.29, 1.82) is 0 Å². The van der Waals surface area contributed by atoms with Gasteiger partial charge in [0.15, 0.2) is 0 Å². The van der Waals surface area contributed by atoms with Gasteiger partial charge in [0.05, 0.1) is 30.0 Å². The molecule has 0 spiro atoms. The molecule has 0 radical (unpaired) electrons. The van der Waals surface area contributed by atoms with E-state index in [1.54, 1.807) is 0 Å². The number of aliphatic carboxylic acids is 1. The van der Waals surface area contributed by atoms with Crippen molar-refractivity contribution in [3.05, 3.63) is 12.4 Å². The van der Waals surface area contributed by atoms with Crippen molar-refractivity contribution >= 4 is 17.6 Å². The summed E-state index contributed by atoms with van der Waals surface area (Å²) in [6.07, 6.45) is 2.86. The van der Waals surface area contributed by atoms with Crippen molar-refractivity contribution in [1.82, 2.24) is 9.78 Å². The number of carboxylic acids is 1. The zero-order valence-corrected chi connectivity index (χ0v) is 11.7. The molecule has 2 rings (SSSR count). The van der Waals surface area contributed by atoms with E-state index in [4.69, 9.17) is 9.84 Å². The van der Waals surface area contributed by atoms with Crippen LogP contribution in [0.1, 0.15) is 20.8 Å². The van der Waals surface area contributed by atoms with Crippen molar-refractivity contribution in [3.63, 3.8) is 0 Å². The molecule has 4 unspecified atom stereocenters. The third-order valence-corrected chi connectivity index (χ3v) is 3.74. The number of hydrogen-bond donors (Lipinski definition) is 2. The van der Waals surface area contributed by atoms with Crippen LogP contribution in [0.3, 0.4) is 0 Å². The summed E-state index contributed by atoms with van der Waals surface area (Å²) < 4.78 is 6.91. The first-order chi connectivity index (χ1) is 9.38. The van der Waals surface area contributed by atoms with Crippen molar-refractivity contribution in [2.24, 2.45) is 11.8 Å². The van der Waals surface area contributed by atoms with E-state index in [2.05, 4.69) is 10.4 Å². The van der Waals surface area contributed by atoms with Crippen molar-refractivity contribution in [3.8, 4) is 0 Å². The first-order valence-electron chi connectivity index (χ1n) is 6.59. The van der Waals surface area contributed by atoms with Crippen LogP contribution in [0.4, 0.5) is 5.69 Å². The molecular weight excluding hydrogens is 262 g/mol. The van der Waals surface area contributed by atoms with Crippen molar-refractivity contribution < 1.29 is 19.4 Å². The summed E-state index contributed by atoms with van der Waals surface area (Å²) in [5.74, 6) is -1.18. The lowest BCUT2D eigenvalue weighted by Gasteiger charge is -2.17. The minimum atomic E-state index is -0.980. The zero-order chi connectivity index (χ0) is 14.9. The molecule has 0 aliphatic carbocycles. The fraction of sp³-hybridized carbons (Fsp3) is 0.615. The van der Waals surface area contributed by atoms with Crippen molar-refractivity contribution in [2.45, 2.75) is 39.5 Å². The summed E-state index contributed by atoms with van der Waals surface area (Å²) in [6.45, 7) is 5.61. The van der Waals surface area contributed by atoms with Crippen LogP contribution in [0, 0.1) is 11.8 Å². The second kappa shape index (κ2) is 5.62. The summed E-state index contributed by atoms with van der Waals surface area (Å²) in [6, 6.07) is 0. The second-order valence-corrected chi connectivity index (χ2v) is 5.24. The van der Waals surface area contributed by atoms with Gasteiger partial charge in [-0.15, -0.1) is 0 Å². The number of aromatic nitrogens is 2. The highest BCUT2D eigenvalue weighted by Gasteiger charge is 2.41. The first kappa shape index (κ1) is 14.5. The SMILES string of the molecule is CC1OC(C)C(C(=O)Nc2cnn(CC(=O)O)c2)C1C. The lowest BCUT2D eigenvalue weighted by atomic mass is 9.89. The van der Waals surface area contributed by atoms with Gasteiger partial charge in [0, 0.05) is 6.20 Å². The van der Waals surface area contributed by atoms with Gasteiger partial charge in [-0.2, -0.15) is 5.10 Å². The number of nitrogens with one attached hydrogen (secondary N) is 1. The van der Waals surface area contributed by atoms with Crippen LogP contribution in [0.25, 0.3) is 0 Å². The molecule has 1 saturated heterocycles. The van der Waals surface area contributed by atoms with E-state index in [0.717, 1.165) is 0 Å². The second-order valence-electron chi connectivity index (χ2n) is 5.24. The van der Waals surface area contributed by atoms with Gasteiger partial charge in [-0.1, -0.05) is 6.92 Å². The van der Waals surface area contributed by atoms with Gasteiger partial charge >= 0.3 is 5.97 Å². The predicted molar refractivity (Wildman–Crippen MR) is 71.2 cm³/mol. The highest BCUT2D eigenvalue weighted by atomic mass is 16.5. The highest BCUT2D eigenvalue weighted by Crippen LogP contribution is 2.32. The molecule has 0 saturated carbocycles. The van der Waals surface area contributed by atoms with Gasteiger partial charge in [0.2, 0.25) is 5.91 Å². The molecule has 7 nitrogen and oxygen atoms in total. The number of amides is 1. The van der Waals surface area contributed by atoms with Gasteiger partial charge in [-0.25, -0.2) is 0 Å². The zero-order valence-electron chi connectivity index (χ0n) is 11.7. The molecule has 4 atom stereocenters. The number of carbonyl (C=O) groups is 2. The summed E-state index contributed by atoms with van der Waals surface area (Å²) >= 11 is 0. The molecule has 2 N–H and O–H groups in total. The van der Waals surface area contributed by atoms with Crippen LogP contribution in [0.15, 0.2) is 12.4 Å². The fourth-order valence-corrected chi connectivity index (χ4v) is 2.60. The average molecular weight is 281 g/mol. The Balaban J connectivity index is 2.01. The van der Waals surface area contributed by atoms with E-state index in [1.807, 2.05) is 20.8 Å². The predicted octanol–water partition coefficient (Wildman–Crippen LogP) is 0.966. The number of anilines is 1. The number of rotatable bonds is 4. The Labute approximate surface area is 116 Å². The molecule has 2 heterocycles. The monoisotopic (exact) mass is 281 g/mol. The molecule has 0 aromatic carbocycles. The number of carbonyl (C=O) groups excluding carboxylic acids is 1. The normalized spacial score (nSPS) is 29.4. The van der Waals surface area contributed by atoms with E-state index in [1.165, 1.54) is 17.1 Å². The van der Waals surface area contributed by atoms with Crippen LogP contribution in [0.5, 0.6) is 0 Å². The maximum atomic E-state index is 12.3. The Hall–Kier alpha value is -1.89. The largest absolute Gasteiger partial charge is 0.480 e. The molecule has 110 valence electrons. The van der Waals surface area contributed by atoms with Crippen LogP contribution >= 0.6 is 0 Å². The van der Waals surface area contributed by atoms with Gasteiger partial charge in [-0.05, 0) is 19.8 Å². The van der Waals surface area contributed by atoms with Crippen LogP contribution in [-0.4, -0.2) is 39.0 Å². The maximum Gasteiger partial charge on any atom is 0.325 e. The molecule has 1 aromatic heterocycles. The third kappa shape index (κ3) is 2.98. The number of hydrogen-bond acceptors (Lipinski definition) is 4. The lowest BCUT2D eigenvalue weighted by Crippen LogP contribution is -2.31. The Morgan fingerprint density at radius 1 is 1.40 bits per heavy atom. The Kier molecular flexibility index (Phi) is 4.08. The summed E-state index contributed by atoms with van der Waals surface area (Å²) in [7, 11) is 0. The topological polar surface area (TPSA) is 93.5 Å². The first-order valence-corrected chi connectivity index (χ1v) is 6.59. The fourth-order valence-electron chi connectivity index (χ4n) is 2.60. The molecule has 1 amide bonds. The standard InChI is InChI=1S/C13H19N3O4/c1-7-8(2)20-9(3)12(7)13(19)15-10-4-14-16(5-10)6-11(17)18/h4-5,7-9,12H,6H2,1-3H3,(H,15,19)(H,17,18). The molecule has 7 heteroatoms. The summed E-state index contributed by atoms with van der Waals surface area (Å²) in [5, 5.41) is 15.3. The Morgan fingerprint density at radius 3 is 2.65 bits per heavy atom. The van der Waals surface area contributed by atoms with E-state index >= 15 is 0 Å². The summed E-state index contributed by atoms with van der Waals surface area (Å²) in [5.41, 5.74) is 0.496. The molecular formula is C13H19N3O4. The van der Waals surface area contributed by atoms with Gasteiger partial charge in [0.25, 0.3) is 0 Å². The van der Waals surface area contributed by atoms with Gasteiger partial charge < -0.3 is 15.2 Å². The van der Waals surface area contributed by atoms with E-state index < -0.39 is 5.97 Å². The van der Waals surface area contributed by atoms with Crippen molar-refractivity contribution in [2.75, 3.05) is 5.32 Å². The van der Waals surface area contributed by atoms with Gasteiger partial charge in [-0.3, -0.25) is 14.3 Å². The molecule has 1 aliphatic heterocycles. The molecule has 1 fully saturated rings. The van der Waals surface area contributed by atoms with Crippen LogP contribution in [-0.2, 0) is 20.9 Å². The van der Waals surface area contributed by atoms with E-state index in [0.29, 0.717) is 5.69 Å². The van der Waals surface area contributed by atoms with Crippen LogP contribution in [0.2, 0.25) is 0 Å². The molecule has 0 bridgehead atoms. The Morgan fingerprint density at radius 2 is 2.10 bits per heavy atom. The maximum absolute atomic E-state index is 12.3. The minimum Gasteiger partial charge on any atom is -0.480 e. The highest BCUT2D eigenvalue weighted by molar-refractivity contribution is 5.93. The van der Waals surface area contributed by atoms with E-state index in [-0.39, 0.29) is 36.5 Å². The number of nitrogens with zero attached hydrogens (tertiary/aromatic N) is 2. The van der Waals surface area contributed by atoms with Crippen LogP contribution < -0.4 is 5.32 Å². The number of ether oxygens (including phenoxy) is 1. The van der Waals surface area contributed by atoms with E-state index in [9.17, 15) is 9.59 Å². The Bertz CT molecular complexity index is 513. The number of carboxylic acid groups (broad SMARTS) is 1.